The summed E-state index contributed by atoms with van der Waals surface area (Å²) < 4.78 is 0. The fourth-order valence-electron chi connectivity index (χ4n) is 1.53. The summed E-state index contributed by atoms with van der Waals surface area (Å²) in [6.07, 6.45) is 11.0. The molecule has 0 saturated carbocycles. The number of allylic oxidation sites excluding steroid dienone is 4. The molecule has 0 aromatic rings. The zero-order chi connectivity index (χ0) is 8.97. The van der Waals surface area contributed by atoms with Gasteiger partial charge in [0.25, 0.3) is 0 Å². The van der Waals surface area contributed by atoms with Gasteiger partial charge >= 0.3 is 0 Å². The zero-order valence-corrected chi connectivity index (χ0v) is 8.51. The molecule has 1 atom stereocenters. The normalized spacial score (nSPS) is 23.0. The molecule has 0 aromatic heterocycles. The quantitative estimate of drug-likeness (QED) is 0.592. The number of rotatable bonds is 3. The molecule has 0 saturated heterocycles. The van der Waals surface area contributed by atoms with Crippen LogP contribution in [0.25, 0.3) is 0 Å². The molecule has 0 radical (unpaired) electrons. The summed E-state index contributed by atoms with van der Waals surface area (Å²) in [5, 5.41) is 0. The van der Waals surface area contributed by atoms with Crippen LogP contribution in [0.5, 0.6) is 0 Å². The van der Waals surface area contributed by atoms with Crippen molar-refractivity contribution in [3.63, 3.8) is 0 Å². The van der Waals surface area contributed by atoms with Crippen LogP contribution in [-0.4, -0.2) is 0 Å². The van der Waals surface area contributed by atoms with Crippen LogP contribution in [0.1, 0.15) is 40.0 Å². The van der Waals surface area contributed by atoms with Crippen molar-refractivity contribution < 1.29 is 0 Å². The monoisotopic (exact) mass is 164 g/mol. The van der Waals surface area contributed by atoms with Crippen molar-refractivity contribution in [3.05, 3.63) is 23.8 Å². The van der Waals surface area contributed by atoms with Gasteiger partial charge in [-0.15, -0.1) is 0 Å². The fourth-order valence-corrected chi connectivity index (χ4v) is 1.53. The van der Waals surface area contributed by atoms with Gasteiger partial charge in [0.05, 0.1) is 0 Å². The minimum Gasteiger partial charge on any atom is -0.0810 e. The summed E-state index contributed by atoms with van der Waals surface area (Å²) in [6.45, 7) is 6.77. The van der Waals surface area contributed by atoms with Gasteiger partial charge in [0, 0.05) is 0 Å². The molecular formula is C12H20. The Hall–Kier alpha value is -0.520. The third-order valence-corrected chi connectivity index (χ3v) is 2.49. The molecule has 1 unspecified atom stereocenters. The molecule has 0 spiro atoms. The van der Waals surface area contributed by atoms with E-state index in [9.17, 15) is 0 Å². The van der Waals surface area contributed by atoms with Crippen molar-refractivity contribution in [1.29, 1.82) is 0 Å². The van der Waals surface area contributed by atoms with E-state index in [1.165, 1.54) is 24.8 Å². The van der Waals surface area contributed by atoms with E-state index < -0.39 is 0 Å². The van der Waals surface area contributed by atoms with Gasteiger partial charge in [-0.3, -0.25) is 0 Å². The van der Waals surface area contributed by atoms with Crippen molar-refractivity contribution in [2.24, 2.45) is 11.8 Å². The highest BCUT2D eigenvalue weighted by atomic mass is 14.1. The zero-order valence-electron chi connectivity index (χ0n) is 8.51. The number of hydrogen-bond acceptors (Lipinski definition) is 0. The van der Waals surface area contributed by atoms with Crippen molar-refractivity contribution in [1.82, 2.24) is 0 Å². The maximum atomic E-state index is 2.37. The number of hydrogen-bond donors (Lipinski definition) is 0. The van der Waals surface area contributed by atoms with Crippen molar-refractivity contribution in [3.8, 4) is 0 Å². The van der Waals surface area contributed by atoms with Crippen LogP contribution < -0.4 is 0 Å². The maximum absolute atomic E-state index is 2.37. The standard InChI is InChI=1S/C12H20/c1-10(2)4-7-12-8-5-11(3)6-9-12/h5-6,8,10,12H,4,7,9H2,1-3H3. The van der Waals surface area contributed by atoms with Crippen LogP contribution in [0.3, 0.4) is 0 Å². The lowest BCUT2D eigenvalue weighted by Crippen LogP contribution is -2.01. The molecule has 0 fully saturated rings. The molecule has 0 nitrogen and oxygen atoms in total. The van der Waals surface area contributed by atoms with Crippen LogP contribution in [0.4, 0.5) is 0 Å². The summed E-state index contributed by atoms with van der Waals surface area (Å²) >= 11 is 0. The van der Waals surface area contributed by atoms with Crippen molar-refractivity contribution in [2.75, 3.05) is 0 Å². The molecule has 0 bridgehead atoms. The summed E-state index contributed by atoms with van der Waals surface area (Å²) in [4.78, 5) is 0. The van der Waals surface area contributed by atoms with Crippen molar-refractivity contribution in [2.45, 2.75) is 40.0 Å². The Morgan fingerprint density at radius 3 is 2.75 bits per heavy atom. The van der Waals surface area contributed by atoms with Crippen LogP contribution in [0, 0.1) is 11.8 Å². The second-order valence-corrected chi connectivity index (χ2v) is 4.27. The highest BCUT2D eigenvalue weighted by Crippen LogP contribution is 2.22. The van der Waals surface area contributed by atoms with E-state index in [1.54, 1.807) is 0 Å². The molecule has 0 heterocycles. The summed E-state index contributed by atoms with van der Waals surface area (Å²) in [7, 11) is 0. The molecule has 1 rings (SSSR count). The molecule has 0 aliphatic heterocycles. The third kappa shape index (κ3) is 3.25. The van der Waals surface area contributed by atoms with E-state index in [-0.39, 0.29) is 0 Å². The topological polar surface area (TPSA) is 0 Å². The second kappa shape index (κ2) is 4.49. The molecular weight excluding hydrogens is 144 g/mol. The SMILES string of the molecule is CC1=CCC(CCC(C)C)C=C1. The first-order chi connectivity index (χ1) is 5.68. The van der Waals surface area contributed by atoms with E-state index in [1.807, 2.05) is 0 Å². The molecule has 12 heavy (non-hydrogen) atoms. The Morgan fingerprint density at radius 2 is 2.25 bits per heavy atom. The van der Waals surface area contributed by atoms with Crippen LogP contribution in [-0.2, 0) is 0 Å². The van der Waals surface area contributed by atoms with Gasteiger partial charge < -0.3 is 0 Å². The first kappa shape index (κ1) is 9.57. The second-order valence-electron chi connectivity index (χ2n) is 4.27. The van der Waals surface area contributed by atoms with Gasteiger partial charge in [0.15, 0.2) is 0 Å². The summed E-state index contributed by atoms with van der Waals surface area (Å²) in [6, 6.07) is 0. The average molecular weight is 164 g/mol. The molecule has 0 heteroatoms. The first-order valence-electron chi connectivity index (χ1n) is 5.03. The molecule has 68 valence electrons. The van der Waals surface area contributed by atoms with Gasteiger partial charge in [0.2, 0.25) is 0 Å². The Labute approximate surface area is 76.4 Å². The van der Waals surface area contributed by atoms with Gasteiger partial charge in [-0.1, -0.05) is 44.1 Å². The van der Waals surface area contributed by atoms with Crippen molar-refractivity contribution >= 4 is 0 Å². The fraction of sp³-hybridized carbons (Fsp3) is 0.667. The highest BCUT2D eigenvalue weighted by Gasteiger charge is 2.07. The molecule has 0 amide bonds. The Kier molecular flexibility index (Phi) is 3.58. The summed E-state index contributed by atoms with van der Waals surface area (Å²) in [5.41, 5.74) is 1.43. The van der Waals surface area contributed by atoms with Gasteiger partial charge in [-0.05, 0) is 31.6 Å². The van der Waals surface area contributed by atoms with Gasteiger partial charge in [-0.2, -0.15) is 0 Å². The predicted molar refractivity (Wildman–Crippen MR) is 55.1 cm³/mol. The van der Waals surface area contributed by atoms with Crippen LogP contribution in [0.2, 0.25) is 0 Å². The molecule has 0 N–H and O–H groups in total. The van der Waals surface area contributed by atoms with E-state index >= 15 is 0 Å². The molecule has 0 aromatic carbocycles. The smallest absolute Gasteiger partial charge is 0.0195 e. The van der Waals surface area contributed by atoms with E-state index in [0.29, 0.717) is 0 Å². The lowest BCUT2D eigenvalue weighted by Gasteiger charge is -2.15. The minimum atomic E-state index is 0.816. The Balaban J connectivity index is 2.25. The largest absolute Gasteiger partial charge is 0.0810 e. The Morgan fingerprint density at radius 1 is 1.50 bits per heavy atom. The minimum absolute atomic E-state index is 0.816. The van der Waals surface area contributed by atoms with Gasteiger partial charge in [0.1, 0.15) is 0 Å². The van der Waals surface area contributed by atoms with E-state index in [0.717, 1.165) is 11.8 Å². The lowest BCUT2D eigenvalue weighted by atomic mass is 9.91. The Bertz CT molecular complexity index is 184. The molecule has 1 aliphatic carbocycles. The average Bonchev–Trinajstić information content (AvgIpc) is 2.03. The van der Waals surface area contributed by atoms with Crippen LogP contribution >= 0.6 is 0 Å². The highest BCUT2D eigenvalue weighted by molar-refractivity contribution is 5.21. The summed E-state index contributed by atoms with van der Waals surface area (Å²) in [5.74, 6) is 1.67. The first-order valence-corrected chi connectivity index (χ1v) is 5.03. The lowest BCUT2D eigenvalue weighted by molar-refractivity contribution is 0.481. The van der Waals surface area contributed by atoms with Crippen LogP contribution in [0.15, 0.2) is 23.8 Å². The molecule has 1 aliphatic rings. The van der Waals surface area contributed by atoms with E-state index in [4.69, 9.17) is 0 Å². The predicted octanol–water partition coefficient (Wildman–Crippen LogP) is 3.95. The maximum Gasteiger partial charge on any atom is -0.0195 e. The van der Waals surface area contributed by atoms with E-state index in [2.05, 4.69) is 39.0 Å². The third-order valence-electron chi connectivity index (χ3n) is 2.49. The van der Waals surface area contributed by atoms with Gasteiger partial charge in [-0.25, -0.2) is 0 Å².